The molecule has 4 radical (unpaired) electrons. The standard InChI is InChI=1S/C14H8O4.Pb/c15-9-5-6-10(16)12-11(9)13(17)7-3-1-2-4-8(7)14(12)18;/h1-6,15-16H;. The fourth-order valence-electron chi connectivity index (χ4n) is 2.19. The van der Waals surface area contributed by atoms with Gasteiger partial charge in [0.2, 0.25) is 0 Å². The SMILES string of the molecule is O=C1c2ccccc2C(=O)c2c(O)ccc(O)c21.[Pb]. The van der Waals surface area contributed by atoms with Crippen LogP contribution >= 0.6 is 0 Å². The third-order valence-electron chi connectivity index (χ3n) is 3.03. The molecule has 19 heavy (non-hydrogen) atoms. The van der Waals surface area contributed by atoms with Crippen molar-refractivity contribution >= 4 is 38.9 Å². The average molecular weight is 447 g/mol. The molecule has 0 saturated heterocycles. The molecule has 5 heteroatoms. The Morgan fingerprint density at radius 2 is 1.05 bits per heavy atom. The van der Waals surface area contributed by atoms with Gasteiger partial charge >= 0.3 is 0 Å². The molecule has 2 N–H and O–H groups in total. The van der Waals surface area contributed by atoms with Crippen LogP contribution in [0, 0.1) is 0 Å². The van der Waals surface area contributed by atoms with Crippen molar-refractivity contribution in [2.24, 2.45) is 0 Å². The number of phenolic OH excluding ortho intramolecular Hbond substituents is 2. The topological polar surface area (TPSA) is 74.6 Å². The molecule has 2 aromatic carbocycles. The first kappa shape index (κ1) is 13.7. The first-order valence-electron chi connectivity index (χ1n) is 5.34. The van der Waals surface area contributed by atoms with E-state index in [1.807, 2.05) is 0 Å². The van der Waals surface area contributed by atoms with Crippen LogP contribution in [-0.4, -0.2) is 49.1 Å². The summed E-state index contributed by atoms with van der Waals surface area (Å²) in [5, 5.41) is 19.4. The van der Waals surface area contributed by atoms with Crippen LogP contribution in [0.1, 0.15) is 31.8 Å². The summed E-state index contributed by atoms with van der Waals surface area (Å²) in [7, 11) is 0. The molecule has 0 heterocycles. The van der Waals surface area contributed by atoms with Crippen molar-refractivity contribution < 1.29 is 19.8 Å². The monoisotopic (exact) mass is 448 g/mol. The van der Waals surface area contributed by atoms with Gasteiger partial charge < -0.3 is 10.2 Å². The Bertz CT molecular complexity index is 647. The number of aromatic hydroxyl groups is 2. The molecule has 1 aliphatic rings. The van der Waals surface area contributed by atoms with Gasteiger partial charge in [0.1, 0.15) is 11.5 Å². The largest absolute Gasteiger partial charge is 0.507 e. The molecule has 0 fully saturated rings. The number of carbonyl (C=O) groups excluding carboxylic acids is 2. The molecule has 1 aliphatic carbocycles. The van der Waals surface area contributed by atoms with Crippen LogP contribution in [0.25, 0.3) is 0 Å². The van der Waals surface area contributed by atoms with Crippen LogP contribution in [0.2, 0.25) is 0 Å². The molecular weight excluding hydrogens is 439 g/mol. The van der Waals surface area contributed by atoms with Crippen LogP contribution in [0.3, 0.4) is 0 Å². The van der Waals surface area contributed by atoms with Crippen LogP contribution in [0.15, 0.2) is 36.4 Å². The first-order chi connectivity index (χ1) is 8.61. The van der Waals surface area contributed by atoms with E-state index in [1.165, 1.54) is 24.3 Å². The summed E-state index contributed by atoms with van der Waals surface area (Å²) >= 11 is 0. The van der Waals surface area contributed by atoms with E-state index in [4.69, 9.17) is 0 Å². The Kier molecular flexibility index (Phi) is 3.44. The zero-order chi connectivity index (χ0) is 12.9. The van der Waals surface area contributed by atoms with Crippen LogP contribution in [-0.2, 0) is 0 Å². The number of fused-ring (bicyclic) bond motifs is 2. The van der Waals surface area contributed by atoms with E-state index in [0.29, 0.717) is 0 Å². The van der Waals surface area contributed by atoms with Crippen molar-refractivity contribution in [3.63, 3.8) is 0 Å². The van der Waals surface area contributed by atoms with Crippen molar-refractivity contribution in [1.29, 1.82) is 0 Å². The fraction of sp³-hybridized carbons (Fsp3) is 0. The summed E-state index contributed by atoms with van der Waals surface area (Å²) in [5.41, 5.74) is 0.240. The minimum Gasteiger partial charge on any atom is -0.507 e. The summed E-state index contributed by atoms with van der Waals surface area (Å²) in [6.07, 6.45) is 0. The minimum atomic E-state index is -0.450. The van der Waals surface area contributed by atoms with Gasteiger partial charge in [-0.25, -0.2) is 0 Å². The van der Waals surface area contributed by atoms with E-state index in [9.17, 15) is 19.8 Å². The van der Waals surface area contributed by atoms with Crippen molar-refractivity contribution in [2.75, 3.05) is 0 Å². The minimum absolute atomic E-state index is 0. The predicted octanol–water partition coefficient (Wildman–Crippen LogP) is 1.49. The molecule has 92 valence electrons. The van der Waals surface area contributed by atoms with E-state index in [-0.39, 0.29) is 61.1 Å². The number of benzene rings is 2. The molecule has 0 atom stereocenters. The second-order valence-corrected chi connectivity index (χ2v) is 4.06. The summed E-state index contributed by atoms with van der Waals surface area (Å²) in [4.78, 5) is 24.4. The van der Waals surface area contributed by atoms with Crippen LogP contribution in [0.5, 0.6) is 11.5 Å². The van der Waals surface area contributed by atoms with Gasteiger partial charge in [0.25, 0.3) is 0 Å². The van der Waals surface area contributed by atoms with Crippen molar-refractivity contribution in [1.82, 2.24) is 0 Å². The molecule has 0 amide bonds. The summed E-state index contributed by atoms with van der Waals surface area (Å²) in [6, 6.07) is 8.76. The number of rotatable bonds is 0. The molecule has 0 saturated carbocycles. The Morgan fingerprint density at radius 1 is 0.684 bits per heavy atom. The van der Waals surface area contributed by atoms with Crippen LogP contribution < -0.4 is 0 Å². The number of hydrogen-bond acceptors (Lipinski definition) is 4. The number of phenols is 2. The Balaban J connectivity index is 0.00000133. The van der Waals surface area contributed by atoms with Gasteiger partial charge in [-0.05, 0) is 12.1 Å². The maximum Gasteiger partial charge on any atom is 0.198 e. The Labute approximate surface area is 128 Å². The fourth-order valence-corrected chi connectivity index (χ4v) is 2.19. The Morgan fingerprint density at radius 3 is 1.42 bits per heavy atom. The molecular formula is C14H8O4Pb. The van der Waals surface area contributed by atoms with Gasteiger partial charge in [0.05, 0.1) is 11.1 Å². The van der Waals surface area contributed by atoms with Gasteiger partial charge in [-0.15, -0.1) is 0 Å². The maximum absolute atomic E-state index is 12.2. The Hall–Kier alpha value is -1.70. The number of carbonyl (C=O) groups is 2. The van der Waals surface area contributed by atoms with Gasteiger partial charge in [0, 0.05) is 38.4 Å². The quantitative estimate of drug-likeness (QED) is 0.405. The smallest absolute Gasteiger partial charge is 0.198 e. The second kappa shape index (κ2) is 4.77. The number of ketones is 2. The molecule has 0 aromatic heterocycles. The van der Waals surface area contributed by atoms with Crippen LogP contribution in [0.4, 0.5) is 0 Å². The van der Waals surface area contributed by atoms with E-state index in [1.54, 1.807) is 12.1 Å². The first-order valence-corrected chi connectivity index (χ1v) is 5.34. The van der Waals surface area contributed by atoms with E-state index < -0.39 is 11.6 Å². The van der Waals surface area contributed by atoms with Gasteiger partial charge in [-0.3, -0.25) is 9.59 Å². The van der Waals surface area contributed by atoms with Crippen molar-refractivity contribution in [3.05, 3.63) is 58.7 Å². The zero-order valence-electron chi connectivity index (χ0n) is 9.68. The van der Waals surface area contributed by atoms with Crippen molar-refractivity contribution in [2.45, 2.75) is 0 Å². The third kappa shape index (κ3) is 1.86. The summed E-state index contributed by atoms with van der Waals surface area (Å²) in [5.74, 6) is -1.49. The zero-order valence-corrected chi connectivity index (χ0v) is 13.6. The molecule has 0 spiro atoms. The van der Waals surface area contributed by atoms with E-state index in [0.717, 1.165) is 0 Å². The molecule has 4 nitrogen and oxygen atoms in total. The molecule has 0 bridgehead atoms. The number of hydrogen-bond donors (Lipinski definition) is 2. The summed E-state index contributed by atoms with van der Waals surface area (Å²) < 4.78 is 0. The maximum atomic E-state index is 12.2. The van der Waals surface area contributed by atoms with E-state index >= 15 is 0 Å². The molecule has 0 unspecified atom stereocenters. The van der Waals surface area contributed by atoms with Gasteiger partial charge in [-0.2, -0.15) is 0 Å². The second-order valence-electron chi connectivity index (χ2n) is 4.06. The van der Waals surface area contributed by atoms with Crippen molar-refractivity contribution in [3.8, 4) is 11.5 Å². The predicted molar refractivity (Wildman–Crippen MR) is 68.8 cm³/mol. The van der Waals surface area contributed by atoms with Gasteiger partial charge in [0.15, 0.2) is 11.6 Å². The van der Waals surface area contributed by atoms with Gasteiger partial charge in [-0.1, -0.05) is 24.3 Å². The molecule has 2 aromatic rings. The normalized spacial score (nSPS) is 12.4. The average Bonchev–Trinajstić information content (AvgIpc) is 2.38. The van der Waals surface area contributed by atoms with E-state index in [2.05, 4.69) is 0 Å². The third-order valence-corrected chi connectivity index (χ3v) is 3.03. The molecule has 3 rings (SSSR count). The summed E-state index contributed by atoms with van der Waals surface area (Å²) in [6.45, 7) is 0. The molecule has 0 aliphatic heterocycles.